The van der Waals surface area contributed by atoms with E-state index < -0.39 is 10.5 Å². The molecule has 1 aromatic rings. The van der Waals surface area contributed by atoms with Gasteiger partial charge in [0.15, 0.2) is 0 Å². The number of anilines is 1. The van der Waals surface area contributed by atoms with Crippen molar-refractivity contribution in [1.29, 1.82) is 5.26 Å². The smallest absolute Gasteiger partial charge is 0.293 e. The summed E-state index contributed by atoms with van der Waals surface area (Å²) in [6, 6.07) is 6.22. The normalized spacial score (nSPS) is 10.9. The first-order chi connectivity index (χ1) is 8.78. The number of likely N-dealkylation sites (N-methyl/N-ethyl adjacent to an activating group) is 1. The minimum atomic E-state index is -0.961. The summed E-state index contributed by atoms with van der Waals surface area (Å²) in [6.45, 7) is 5.94. The van der Waals surface area contributed by atoms with Gasteiger partial charge in [0.2, 0.25) is 0 Å². The molecule has 0 heterocycles. The maximum atomic E-state index is 11.1. The van der Waals surface area contributed by atoms with Crippen molar-refractivity contribution in [2.45, 2.75) is 26.4 Å². The Balaban J connectivity index is 3.24. The second kappa shape index (κ2) is 5.67. The highest BCUT2D eigenvalue weighted by Gasteiger charge is 2.24. The molecule has 0 aliphatic rings. The van der Waals surface area contributed by atoms with Gasteiger partial charge in [-0.05, 0) is 32.9 Å². The van der Waals surface area contributed by atoms with Crippen molar-refractivity contribution in [3.05, 3.63) is 33.9 Å². The van der Waals surface area contributed by atoms with Crippen LogP contribution in [0.5, 0.6) is 0 Å². The zero-order chi connectivity index (χ0) is 14.6. The SMILES string of the molecule is CCN(CC(C)(C)O)c1ccc(C#N)cc1[N+](=O)[O-]. The van der Waals surface area contributed by atoms with E-state index in [-0.39, 0.29) is 17.8 Å². The molecule has 0 spiro atoms. The summed E-state index contributed by atoms with van der Waals surface area (Å²) in [6.07, 6.45) is 0. The molecule has 1 rings (SSSR count). The third-order valence-electron chi connectivity index (χ3n) is 2.60. The lowest BCUT2D eigenvalue weighted by atomic mass is 10.1. The summed E-state index contributed by atoms with van der Waals surface area (Å²) in [5.41, 5.74) is -0.425. The van der Waals surface area contributed by atoms with Gasteiger partial charge < -0.3 is 10.0 Å². The summed E-state index contributed by atoms with van der Waals surface area (Å²) in [4.78, 5) is 12.3. The second-order valence-corrected chi connectivity index (χ2v) is 4.90. The number of nitrogens with zero attached hydrogens (tertiary/aromatic N) is 3. The van der Waals surface area contributed by atoms with Gasteiger partial charge in [-0.25, -0.2) is 0 Å². The number of hydrogen-bond donors (Lipinski definition) is 1. The Bertz CT molecular complexity index is 515. The van der Waals surface area contributed by atoms with Crippen LogP contribution < -0.4 is 4.90 Å². The predicted octanol–water partition coefficient (Wildman–Crippen LogP) is 2.06. The molecule has 0 saturated carbocycles. The van der Waals surface area contributed by atoms with E-state index >= 15 is 0 Å². The minimum Gasteiger partial charge on any atom is -0.389 e. The van der Waals surface area contributed by atoms with Crippen molar-refractivity contribution in [2.75, 3.05) is 18.0 Å². The van der Waals surface area contributed by atoms with Crippen LogP contribution in [0.3, 0.4) is 0 Å². The molecule has 0 atom stereocenters. The largest absolute Gasteiger partial charge is 0.389 e. The molecule has 1 aromatic carbocycles. The molecule has 0 bridgehead atoms. The lowest BCUT2D eigenvalue weighted by molar-refractivity contribution is -0.384. The molecule has 102 valence electrons. The van der Waals surface area contributed by atoms with E-state index in [9.17, 15) is 15.2 Å². The van der Waals surface area contributed by atoms with Crippen molar-refractivity contribution in [1.82, 2.24) is 0 Å². The van der Waals surface area contributed by atoms with Gasteiger partial charge in [0.05, 0.1) is 22.2 Å². The fourth-order valence-electron chi connectivity index (χ4n) is 1.84. The molecule has 0 radical (unpaired) electrons. The van der Waals surface area contributed by atoms with Gasteiger partial charge in [0.25, 0.3) is 5.69 Å². The molecule has 6 nitrogen and oxygen atoms in total. The van der Waals surface area contributed by atoms with Crippen molar-refractivity contribution in [3.8, 4) is 6.07 Å². The Hall–Kier alpha value is -2.13. The van der Waals surface area contributed by atoms with Crippen LogP contribution in [-0.2, 0) is 0 Å². The Labute approximate surface area is 112 Å². The summed E-state index contributed by atoms with van der Waals surface area (Å²) >= 11 is 0. The Kier molecular flexibility index (Phi) is 4.46. The van der Waals surface area contributed by atoms with Crippen LogP contribution in [0.25, 0.3) is 0 Å². The predicted molar refractivity (Wildman–Crippen MR) is 72.0 cm³/mol. The number of nitro groups is 1. The third-order valence-corrected chi connectivity index (χ3v) is 2.60. The molecular formula is C13H17N3O3. The van der Waals surface area contributed by atoms with Gasteiger partial charge in [-0.2, -0.15) is 5.26 Å². The van der Waals surface area contributed by atoms with Crippen LogP contribution in [-0.4, -0.2) is 28.7 Å². The number of hydrogen-bond acceptors (Lipinski definition) is 5. The third kappa shape index (κ3) is 3.93. The van der Waals surface area contributed by atoms with Crippen molar-refractivity contribution < 1.29 is 10.0 Å². The van der Waals surface area contributed by atoms with Crippen molar-refractivity contribution in [3.63, 3.8) is 0 Å². The van der Waals surface area contributed by atoms with E-state index in [4.69, 9.17) is 5.26 Å². The highest BCUT2D eigenvalue weighted by Crippen LogP contribution is 2.30. The first kappa shape index (κ1) is 14.9. The van der Waals surface area contributed by atoms with Crippen LogP contribution in [0.15, 0.2) is 18.2 Å². The van der Waals surface area contributed by atoms with Gasteiger partial charge in [-0.1, -0.05) is 0 Å². The molecule has 1 N–H and O–H groups in total. The minimum absolute atomic E-state index is 0.120. The van der Waals surface area contributed by atoms with E-state index in [0.29, 0.717) is 12.2 Å². The number of nitriles is 1. The fraction of sp³-hybridized carbons (Fsp3) is 0.462. The van der Waals surface area contributed by atoms with Crippen LogP contribution in [0.1, 0.15) is 26.3 Å². The zero-order valence-corrected chi connectivity index (χ0v) is 11.3. The van der Waals surface area contributed by atoms with Gasteiger partial charge in [0, 0.05) is 19.2 Å². The second-order valence-electron chi connectivity index (χ2n) is 4.90. The van der Waals surface area contributed by atoms with Crippen LogP contribution in [0.2, 0.25) is 0 Å². The lowest BCUT2D eigenvalue weighted by Crippen LogP contribution is -2.38. The van der Waals surface area contributed by atoms with E-state index in [1.807, 2.05) is 13.0 Å². The first-order valence-corrected chi connectivity index (χ1v) is 5.94. The van der Waals surface area contributed by atoms with E-state index in [0.717, 1.165) is 0 Å². The van der Waals surface area contributed by atoms with Gasteiger partial charge in [-0.3, -0.25) is 10.1 Å². The molecule has 0 aliphatic heterocycles. The molecule has 19 heavy (non-hydrogen) atoms. The lowest BCUT2D eigenvalue weighted by Gasteiger charge is -2.29. The number of nitro benzene ring substituents is 1. The van der Waals surface area contributed by atoms with Crippen LogP contribution in [0.4, 0.5) is 11.4 Å². The average Bonchev–Trinajstić information content (AvgIpc) is 2.34. The van der Waals surface area contributed by atoms with Crippen LogP contribution in [0, 0.1) is 21.4 Å². The molecule has 0 unspecified atom stereocenters. The fourth-order valence-corrected chi connectivity index (χ4v) is 1.84. The first-order valence-electron chi connectivity index (χ1n) is 5.94. The monoisotopic (exact) mass is 263 g/mol. The Morgan fingerprint density at radius 2 is 2.16 bits per heavy atom. The molecule has 6 heteroatoms. The van der Waals surface area contributed by atoms with E-state index in [1.54, 1.807) is 24.8 Å². The quantitative estimate of drug-likeness (QED) is 0.648. The maximum Gasteiger partial charge on any atom is 0.293 e. The summed E-state index contributed by atoms with van der Waals surface area (Å²) in [5.74, 6) is 0. The topological polar surface area (TPSA) is 90.4 Å². The molecule has 0 fully saturated rings. The highest BCUT2D eigenvalue weighted by molar-refractivity contribution is 5.65. The van der Waals surface area contributed by atoms with Crippen molar-refractivity contribution in [2.24, 2.45) is 0 Å². The molecular weight excluding hydrogens is 246 g/mol. The average molecular weight is 263 g/mol. The highest BCUT2D eigenvalue weighted by atomic mass is 16.6. The molecule has 0 amide bonds. The van der Waals surface area contributed by atoms with Gasteiger partial charge >= 0.3 is 0 Å². The molecule has 0 aliphatic carbocycles. The van der Waals surface area contributed by atoms with Gasteiger partial charge in [-0.15, -0.1) is 0 Å². The molecule has 0 saturated heterocycles. The van der Waals surface area contributed by atoms with E-state index in [2.05, 4.69) is 0 Å². The van der Waals surface area contributed by atoms with Crippen LogP contribution >= 0.6 is 0 Å². The standard InChI is InChI=1S/C13H17N3O3/c1-4-15(9-13(2,3)17)11-6-5-10(8-14)7-12(11)16(18)19/h5-7,17H,4,9H2,1-3H3. The number of rotatable bonds is 5. The van der Waals surface area contributed by atoms with E-state index in [1.165, 1.54) is 12.1 Å². The van der Waals surface area contributed by atoms with Gasteiger partial charge in [0.1, 0.15) is 5.69 Å². The zero-order valence-electron chi connectivity index (χ0n) is 11.3. The maximum absolute atomic E-state index is 11.1. The molecule has 0 aromatic heterocycles. The number of benzene rings is 1. The van der Waals surface area contributed by atoms with Crippen molar-refractivity contribution >= 4 is 11.4 Å². The summed E-state index contributed by atoms with van der Waals surface area (Å²) < 4.78 is 0. The number of aliphatic hydroxyl groups is 1. The summed E-state index contributed by atoms with van der Waals surface area (Å²) in [7, 11) is 0. The summed E-state index contributed by atoms with van der Waals surface area (Å²) in [5, 5.41) is 29.7. The Morgan fingerprint density at radius 3 is 2.58 bits per heavy atom. The Morgan fingerprint density at radius 1 is 1.53 bits per heavy atom.